The van der Waals surface area contributed by atoms with Crippen molar-refractivity contribution in [3.63, 3.8) is 0 Å². The van der Waals surface area contributed by atoms with Gasteiger partial charge in [-0.05, 0) is 48.8 Å². The van der Waals surface area contributed by atoms with Gasteiger partial charge in [-0.3, -0.25) is 9.69 Å². The van der Waals surface area contributed by atoms with Crippen molar-refractivity contribution in [3.05, 3.63) is 42.0 Å². The molecule has 2 aliphatic rings. The Hall–Kier alpha value is -1.43. The molecule has 1 heterocycles. The minimum atomic E-state index is -1.89. The Bertz CT molecular complexity index is 705. The van der Waals surface area contributed by atoms with Gasteiger partial charge >= 0.3 is 0 Å². The molecule has 0 aromatic heterocycles. The normalized spacial score (nSPS) is 29.3. The molecule has 0 spiro atoms. The number of ether oxygens (including phenoxy) is 1. The number of carbonyl (C=O) groups excluding carboxylic acids is 1. The molecule has 0 amide bonds. The summed E-state index contributed by atoms with van der Waals surface area (Å²) in [5, 5.41) is 0.152. The fourth-order valence-corrected chi connectivity index (χ4v) is 4.77. The van der Waals surface area contributed by atoms with E-state index in [0.717, 1.165) is 5.75 Å². The number of fused-ring (bicyclic) bond motifs is 1. The third-order valence-electron chi connectivity index (χ3n) is 6.26. The number of rotatable bonds is 5. The minimum absolute atomic E-state index is 0.000657. The topological polar surface area (TPSA) is 38.5 Å². The van der Waals surface area contributed by atoms with E-state index in [1.54, 1.807) is 13.2 Å². The van der Waals surface area contributed by atoms with Gasteiger partial charge < -0.3 is 9.16 Å². The molecule has 1 saturated heterocycles. The number of benzene rings is 1. The lowest BCUT2D eigenvalue weighted by molar-refractivity contribution is -0.115. The molecule has 26 heavy (non-hydrogen) atoms. The summed E-state index contributed by atoms with van der Waals surface area (Å²) in [7, 11) is -0.220. The third-order valence-corrected chi connectivity index (χ3v) is 10.7. The van der Waals surface area contributed by atoms with Crippen LogP contribution >= 0.6 is 0 Å². The van der Waals surface area contributed by atoms with Gasteiger partial charge in [0.2, 0.25) is 0 Å². The monoisotopic (exact) mass is 373 g/mol. The Morgan fingerprint density at radius 2 is 1.77 bits per heavy atom. The summed E-state index contributed by atoms with van der Waals surface area (Å²) in [5.74, 6) is 1.05. The summed E-state index contributed by atoms with van der Waals surface area (Å²) in [6, 6.07) is 8.38. The average Bonchev–Trinajstić information content (AvgIpc) is 3.32. The first-order valence-electron chi connectivity index (χ1n) is 9.38. The lowest BCUT2D eigenvalue weighted by Gasteiger charge is -2.39. The van der Waals surface area contributed by atoms with Crippen molar-refractivity contribution in [2.75, 3.05) is 7.11 Å². The largest absolute Gasteiger partial charge is 0.497 e. The standard InChI is InChI=1S/C21H31NO3Si/c1-14(15-8-10-16(24-5)11-9-15)22-19-17(23)12-13-18(20(19)22)25-26(6,7)21(2,3)4/h8-14,18-20H,1-7H3/t14-,18-,19+,20-,22?/m1/s1. The van der Waals surface area contributed by atoms with E-state index >= 15 is 0 Å². The highest BCUT2D eigenvalue weighted by Gasteiger charge is 2.60. The molecule has 1 fully saturated rings. The van der Waals surface area contributed by atoms with E-state index in [4.69, 9.17) is 9.16 Å². The van der Waals surface area contributed by atoms with E-state index < -0.39 is 8.32 Å². The molecule has 3 rings (SSSR count). The fourth-order valence-electron chi connectivity index (χ4n) is 3.51. The minimum Gasteiger partial charge on any atom is -0.497 e. The molecule has 0 N–H and O–H groups in total. The maximum absolute atomic E-state index is 12.4. The van der Waals surface area contributed by atoms with Crippen LogP contribution in [-0.2, 0) is 9.22 Å². The molecule has 0 bridgehead atoms. The lowest BCUT2D eigenvalue weighted by Crippen LogP contribution is -2.46. The number of hydrogen-bond acceptors (Lipinski definition) is 4. The molecule has 1 aromatic rings. The summed E-state index contributed by atoms with van der Waals surface area (Å²) >= 11 is 0. The molecule has 5 heteroatoms. The van der Waals surface area contributed by atoms with Gasteiger partial charge in [-0.15, -0.1) is 0 Å². The quantitative estimate of drug-likeness (QED) is 0.568. The van der Waals surface area contributed by atoms with Gasteiger partial charge in [-0.25, -0.2) is 0 Å². The molecular formula is C21H31NO3Si. The smallest absolute Gasteiger partial charge is 0.192 e. The third kappa shape index (κ3) is 3.40. The molecule has 142 valence electrons. The summed E-state index contributed by atoms with van der Waals surface area (Å²) in [4.78, 5) is 14.7. The summed E-state index contributed by atoms with van der Waals surface area (Å²) in [5.41, 5.74) is 1.19. The van der Waals surface area contributed by atoms with Crippen LogP contribution < -0.4 is 4.74 Å². The fraction of sp³-hybridized carbons (Fsp3) is 0.571. The van der Waals surface area contributed by atoms with E-state index in [1.165, 1.54) is 5.56 Å². The molecule has 0 radical (unpaired) electrons. The maximum atomic E-state index is 12.4. The number of ketones is 1. The maximum Gasteiger partial charge on any atom is 0.192 e. The molecular weight excluding hydrogens is 342 g/mol. The van der Waals surface area contributed by atoms with Crippen molar-refractivity contribution in [2.45, 2.75) is 70.1 Å². The van der Waals surface area contributed by atoms with Gasteiger partial charge in [0, 0.05) is 6.04 Å². The van der Waals surface area contributed by atoms with E-state index in [0.29, 0.717) is 0 Å². The highest BCUT2D eigenvalue weighted by atomic mass is 28.4. The zero-order valence-electron chi connectivity index (χ0n) is 16.9. The molecule has 0 saturated carbocycles. The van der Waals surface area contributed by atoms with Crippen molar-refractivity contribution in [3.8, 4) is 5.75 Å². The van der Waals surface area contributed by atoms with Crippen molar-refractivity contribution in [1.29, 1.82) is 0 Å². The Kier molecular flexibility index (Phi) is 4.92. The SMILES string of the molecule is COc1ccc([C@@H](C)N2[C@@H]3[C@H](O[Si](C)(C)C(C)(C)C)C=CC(=O)[C@@H]32)cc1. The Morgan fingerprint density at radius 3 is 2.31 bits per heavy atom. The molecule has 1 aromatic carbocycles. The van der Waals surface area contributed by atoms with Crippen LogP contribution in [0.2, 0.25) is 18.1 Å². The van der Waals surface area contributed by atoms with Crippen LogP contribution in [0.5, 0.6) is 5.75 Å². The molecule has 5 atom stereocenters. The van der Waals surface area contributed by atoms with E-state index in [1.807, 2.05) is 18.2 Å². The second kappa shape index (κ2) is 6.62. The Labute approximate surface area is 158 Å². The van der Waals surface area contributed by atoms with Gasteiger partial charge in [-0.1, -0.05) is 39.0 Å². The van der Waals surface area contributed by atoms with Crippen molar-refractivity contribution in [2.24, 2.45) is 0 Å². The zero-order chi connectivity index (χ0) is 19.3. The van der Waals surface area contributed by atoms with Crippen LogP contribution in [0, 0.1) is 0 Å². The highest BCUT2D eigenvalue weighted by molar-refractivity contribution is 6.74. The number of carbonyl (C=O) groups is 1. The number of nitrogens with zero attached hydrogens (tertiary/aromatic N) is 1. The molecule has 1 unspecified atom stereocenters. The summed E-state index contributed by atoms with van der Waals surface area (Å²) in [6.07, 6.45) is 3.70. The van der Waals surface area contributed by atoms with E-state index in [2.05, 4.69) is 57.8 Å². The van der Waals surface area contributed by atoms with Crippen LogP contribution in [-0.4, -0.2) is 44.3 Å². The van der Waals surface area contributed by atoms with Crippen LogP contribution in [0.4, 0.5) is 0 Å². The van der Waals surface area contributed by atoms with Gasteiger partial charge in [0.05, 0.1) is 25.3 Å². The van der Waals surface area contributed by atoms with Crippen LogP contribution in [0.15, 0.2) is 36.4 Å². The first kappa shape index (κ1) is 19.3. The first-order chi connectivity index (χ1) is 12.1. The Balaban J connectivity index is 1.78. The van der Waals surface area contributed by atoms with E-state index in [-0.39, 0.29) is 35.1 Å². The van der Waals surface area contributed by atoms with Gasteiger partial charge in [0.1, 0.15) is 5.75 Å². The molecule has 1 aliphatic carbocycles. The predicted octanol–water partition coefficient (Wildman–Crippen LogP) is 4.34. The predicted molar refractivity (Wildman–Crippen MR) is 107 cm³/mol. The molecule has 4 nitrogen and oxygen atoms in total. The van der Waals surface area contributed by atoms with Crippen molar-refractivity contribution >= 4 is 14.1 Å². The number of hydrogen-bond donors (Lipinski definition) is 0. The summed E-state index contributed by atoms with van der Waals surface area (Å²) < 4.78 is 11.9. The van der Waals surface area contributed by atoms with Gasteiger partial charge in [0.25, 0.3) is 0 Å². The van der Waals surface area contributed by atoms with Gasteiger partial charge in [0.15, 0.2) is 14.1 Å². The van der Waals surface area contributed by atoms with E-state index in [9.17, 15) is 4.79 Å². The van der Waals surface area contributed by atoms with Crippen LogP contribution in [0.25, 0.3) is 0 Å². The second-order valence-electron chi connectivity index (χ2n) is 8.94. The van der Waals surface area contributed by atoms with Crippen molar-refractivity contribution in [1.82, 2.24) is 4.90 Å². The van der Waals surface area contributed by atoms with Crippen molar-refractivity contribution < 1.29 is 14.0 Å². The van der Waals surface area contributed by atoms with Gasteiger partial charge in [-0.2, -0.15) is 0 Å². The van der Waals surface area contributed by atoms with Crippen LogP contribution in [0.1, 0.15) is 39.3 Å². The summed E-state index contributed by atoms with van der Waals surface area (Å²) in [6.45, 7) is 13.5. The van der Waals surface area contributed by atoms with Crippen LogP contribution in [0.3, 0.4) is 0 Å². The first-order valence-corrected chi connectivity index (χ1v) is 12.3. The Morgan fingerprint density at radius 1 is 1.15 bits per heavy atom. The second-order valence-corrected chi connectivity index (χ2v) is 13.7. The molecule has 1 aliphatic heterocycles. The highest BCUT2D eigenvalue weighted by Crippen LogP contribution is 2.47. The zero-order valence-corrected chi connectivity index (χ0v) is 17.9. The lowest BCUT2D eigenvalue weighted by atomic mass is 10.0. The number of methoxy groups -OCH3 is 1. The average molecular weight is 374 g/mol.